The lowest BCUT2D eigenvalue weighted by Gasteiger charge is -2.34. The summed E-state index contributed by atoms with van der Waals surface area (Å²) >= 11 is 0. The molecule has 0 radical (unpaired) electrons. The first-order valence-corrected chi connectivity index (χ1v) is 6.58. The van der Waals surface area contributed by atoms with Crippen LogP contribution in [0.2, 0.25) is 0 Å². The highest BCUT2D eigenvalue weighted by Gasteiger charge is 2.25. The zero-order valence-electron chi connectivity index (χ0n) is 10.8. The van der Waals surface area contributed by atoms with Crippen LogP contribution in [-0.4, -0.2) is 36.5 Å². The molecule has 1 atom stereocenters. The van der Waals surface area contributed by atoms with E-state index in [0.29, 0.717) is 12.3 Å². The maximum Gasteiger partial charge on any atom is 0.260 e. The maximum atomic E-state index is 12.7. The molecule has 0 saturated carbocycles. The van der Waals surface area contributed by atoms with Gasteiger partial charge in [0.25, 0.3) is 5.91 Å². The van der Waals surface area contributed by atoms with E-state index in [4.69, 9.17) is 10.5 Å². The lowest BCUT2D eigenvalue weighted by Crippen LogP contribution is -2.49. The smallest absolute Gasteiger partial charge is 0.260 e. The predicted molar refractivity (Wildman–Crippen MR) is 70.3 cm³/mol. The van der Waals surface area contributed by atoms with E-state index in [-0.39, 0.29) is 24.4 Å². The summed E-state index contributed by atoms with van der Waals surface area (Å²) in [4.78, 5) is 13.9. The van der Waals surface area contributed by atoms with Crippen LogP contribution in [0.4, 0.5) is 4.39 Å². The Balaban J connectivity index is 1.87. The zero-order chi connectivity index (χ0) is 13.7. The molecule has 1 aromatic rings. The van der Waals surface area contributed by atoms with E-state index in [1.54, 1.807) is 4.90 Å². The van der Waals surface area contributed by atoms with E-state index in [1.165, 1.54) is 24.3 Å². The molecule has 5 heteroatoms. The first-order valence-electron chi connectivity index (χ1n) is 6.58. The lowest BCUT2D eigenvalue weighted by molar-refractivity contribution is -0.136. The van der Waals surface area contributed by atoms with E-state index in [0.717, 1.165) is 25.8 Å². The van der Waals surface area contributed by atoms with Crippen molar-refractivity contribution in [1.29, 1.82) is 0 Å². The predicted octanol–water partition coefficient (Wildman–Crippen LogP) is 1.54. The minimum atomic E-state index is -0.321. The first-order chi connectivity index (χ1) is 9.20. The quantitative estimate of drug-likeness (QED) is 0.899. The van der Waals surface area contributed by atoms with Crippen molar-refractivity contribution in [1.82, 2.24) is 4.90 Å². The molecule has 2 N–H and O–H groups in total. The molecular weight excluding hydrogens is 247 g/mol. The highest BCUT2D eigenvalue weighted by Crippen LogP contribution is 2.17. The average Bonchev–Trinajstić information content (AvgIpc) is 2.46. The number of nitrogens with two attached hydrogens (primary N) is 1. The number of piperidine rings is 1. The van der Waals surface area contributed by atoms with Gasteiger partial charge in [-0.1, -0.05) is 0 Å². The SMILES string of the molecule is NCC1CCCCN1C(=O)COc1ccc(F)cc1. The van der Waals surface area contributed by atoms with Crippen molar-refractivity contribution in [2.24, 2.45) is 5.73 Å². The van der Waals surface area contributed by atoms with Crippen molar-refractivity contribution in [3.63, 3.8) is 0 Å². The molecule has 1 aromatic carbocycles. The van der Waals surface area contributed by atoms with Gasteiger partial charge in [-0.2, -0.15) is 0 Å². The number of nitrogens with zero attached hydrogens (tertiary/aromatic N) is 1. The number of rotatable bonds is 4. The van der Waals surface area contributed by atoms with Gasteiger partial charge in [0, 0.05) is 19.1 Å². The second kappa shape index (κ2) is 6.52. The molecule has 1 fully saturated rings. The Hall–Kier alpha value is -1.62. The van der Waals surface area contributed by atoms with Crippen molar-refractivity contribution in [2.45, 2.75) is 25.3 Å². The van der Waals surface area contributed by atoms with E-state index in [9.17, 15) is 9.18 Å². The minimum Gasteiger partial charge on any atom is -0.484 e. The minimum absolute atomic E-state index is 0.0257. The van der Waals surface area contributed by atoms with Crippen molar-refractivity contribution in [3.8, 4) is 5.75 Å². The summed E-state index contributed by atoms with van der Waals surface area (Å²) in [6, 6.07) is 5.77. The second-order valence-electron chi connectivity index (χ2n) is 4.72. The normalized spacial score (nSPS) is 19.3. The van der Waals surface area contributed by atoms with E-state index >= 15 is 0 Å². The molecule has 0 bridgehead atoms. The molecular formula is C14H19FN2O2. The van der Waals surface area contributed by atoms with Crippen LogP contribution in [0.25, 0.3) is 0 Å². The third-order valence-corrected chi connectivity index (χ3v) is 3.40. The van der Waals surface area contributed by atoms with Crippen molar-refractivity contribution in [2.75, 3.05) is 19.7 Å². The Kier molecular flexibility index (Phi) is 4.74. The van der Waals surface area contributed by atoms with Gasteiger partial charge in [-0.05, 0) is 43.5 Å². The fourth-order valence-electron chi connectivity index (χ4n) is 2.33. The number of carbonyl (C=O) groups excluding carboxylic acids is 1. The van der Waals surface area contributed by atoms with E-state index < -0.39 is 0 Å². The molecule has 1 aliphatic heterocycles. The van der Waals surface area contributed by atoms with Crippen LogP contribution >= 0.6 is 0 Å². The van der Waals surface area contributed by atoms with Gasteiger partial charge >= 0.3 is 0 Å². The number of halogens is 1. The van der Waals surface area contributed by atoms with Crippen LogP contribution in [0, 0.1) is 5.82 Å². The zero-order valence-corrected chi connectivity index (χ0v) is 10.8. The summed E-state index contributed by atoms with van der Waals surface area (Å²) in [7, 11) is 0. The van der Waals surface area contributed by atoms with Crippen LogP contribution in [-0.2, 0) is 4.79 Å². The molecule has 1 amide bonds. The third-order valence-electron chi connectivity index (χ3n) is 3.40. The summed E-state index contributed by atoms with van der Waals surface area (Å²) < 4.78 is 18.1. The Labute approximate surface area is 112 Å². The van der Waals surface area contributed by atoms with Gasteiger partial charge in [0.1, 0.15) is 11.6 Å². The number of hydrogen-bond acceptors (Lipinski definition) is 3. The summed E-state index contributed by atoms with van der Waals surface area (Å²) in [6.07, 6.45) is 3.09. The van der Waals surface area contributed by atoms with Crippen LogP contribution < -0.4 is 10.5 Å². The second-order valence-corrected chi connectivity index (χ2v) is 4.72. The molecule has 1 unspecified atom stereocenters. The van der Waals surface area contributed by atoms with Gasteiger partial charge in [-0.25, -0.2) is 4.39 Å². The average molecular weight is 266 g/mol. The molecule has 19 heavy (non-hydrogen) atoms. The van der Waals surface area contributed by atoms with Crippen LogP contribution in [0.1, 0.15) is 19.3 Å². The summed E-state index contributed by atoms with van der Waals surface area (Å²) in [5, 5.41) is 0. The number of carbonyl (C=O) groups is 1. The fourth-order valence-corrected chi connectivity index (χ4v) is 2.33. The molecule has 0 spiro atoms. The van der Waals surface area contributed by atoms with Gasteiger partial charge in [-0.3, -0.25) is 4.79 Å². The largest absolute Gasteiger partial charge is 0.484 e. The standard InChI is InChI=1S/C14H19FN2O2/c15-11-4-6-13(7-5-11)19-10-14(18)17-8-2-1-3-12(17)9-16/h4-7,12H,1-3,8-10,16H2. The summed E-state index contributed by atoms with van der Waals surface area (Å²) in [5.74, 6) is 0.119. The molecule has 4 nitrogen and oxygen atoms in total. The van der Waals surface area contributed by atoms with Gasteiger partial charge in [0.15, 0.2) is 6.61 Å². The topological polar surface area (TPSA) is 55.6 Å². The van der Waals surface area contributed by atoms with Gasteiger partial charge in [0.2, 0.25) is 0 Å². The number of benzene rings is 1. The summed E-state index contributed by atoms with van der Waals surface area (Å²) in [5.41, 5.74) is 5.68. The monoisotopic (exact) mass is 266 g/mol. The van der Waals surface area contributed by atoms with Crippen molar-refractivity contribution < 1.29 is 13.9 Å². The maximum absolute atomic E-state index is 12.7. The molecule has 2 rings (SSSR count). The van der Waals surface area contributed by atoms with E-state index in [2.05, 4.69) is 0 Å². The number of ether oxygens (including phenoxy) is 1. The molecule has 104 valence electrons. The van der Waals surface area contributed by atoms with Crippen LogP contribution in [0.3, 0.4) is 0 Å². The van der Waals surface area contributed by atoms with Crippen LogP contribution in [0.5, 0.6) is 5.75 Å². The number of amides is 1. The van der Waals surface area contributed by atoms with Crippen molar-refractivity contribution in [3.05, 3.63) is 30.1 Å². The first kappa shape index (κ1) is 13.8. The molecule has 1 aliphatic rings. The van der Waals surface area contributed by atoms with Gasteiger partial charge in [0.05, 0.1) is 0 Å². The highest BCUT2D eigenvalue weighted by molar-refractivity contribution is 5.78. The molecule has 0 aliphatic carbocycles. The Bertz CT molecular complexity index is 422. The Morgan fingerprint density at radius 2 is 2.11 bits per heavy atom. The summed E-state index contributed by atoms with van der Waals surface area (Å²) in [6.45, 7) is 1.21. The molecule has 0 aromatic heterocycles. The lowest BCUT2D eigenvalue weighted by atomic mass is 10.0. The number of hydrogen-bond donors (Lipinski definition) is 1. The number of likely N-dealkylation sites (tertiary alicyclic amines) is 1. The Morgan fingerprint density at radius 3 is 2.79 bits per heavy atom. The molecule has 1 saturated heterocycles. The van der Waals surface area contributed by atoms with E-state index in [1.807, 2.05) is 0 Å². The van der Waals surface area contributed by atoms with Crippen molar-refractivity contribution >= 4 is 5.91 Å². The molecule has 1 heterocycles. The fraction of sp³-hybridized carbons (Fsp3) is 0.500. The highest BCUT2D eigenvalue weighted by atomic mass is 19.1. The van der Waals surface area contributed by atoms with Crippen LogP contribution in [0.15, 0.2) is 24.3 Å². The van der Waals surface area contributed by atoms with Gasteiger partial charge < -0.3 is 15.4 Å². The van der Waals surface area contributed by atoms with Gasteiger partial charge in [-0.15, -0.1) is 0 Å². The Morgan fingerprint density at radius 1 is 1.37 bits per heavy atom. The third kappa shape index (κ3) is 3.67.